The first-order valence-electron chi connectivity index (χ1n) is 33.2. The molecule has 2 rings (SSSR count). The summed E-state index contributed by atoms with van der Waals surface area (Å²) < 4.78 is 22.8. The van der Waals surface area contributed by atoms with Crippen LogP contribution in [0.3, 0.4) is 0 Å². The quantitative estimate of drug-likeness (QED) is 0.0204. The first kappa shape index (κ1) is 74.3. The van der Waals surface area contributed by atoms with Crippen molar-refractivity contribution in [3.8, 4) is 0 Å². The van der Waals surface area contributed by atoms with Gasteiger partial charge in [-0.15, -0.1) is 0 Å². The first-order valence-corrected chi connectivity index (χ1v) is 33.2. The van der Waals surface area contributed by atoms with Gasteiger partial charge in [-0.1, -0.05) is 269 Å². The average molecular weight is 1140 g/mol. The number of nitrogens with one attached hydrogen (secondary N) is 1. The van der Waals surface area contributed by atoms with Crippen LogP contribution in [0.25, 0.3) is 0 Å². The number of amides is 1. The Morgan fingerprint density at radius 2 is 0.863 bits per heavy atom. The molecular weight excluding hydrogens is 1010 g/mol. The second-order valence-corrected chi connectivity index (χ2v) is 23.6. The van der Waals surface area contributed by atoms with Crippen molar-refractivity contribution < 1.29 is 64.6 Å². The number of carbonyl (C=O) groups is 1. The number of hydrogen-bond acceptors (Lipinski definition) is 13. The monoisotopic (exact) mass is 1140 g/mol. The molecule has 2 fully saturated rings. The number of aliphatic hydroxyl groups excluding tert-OH is 8. The van der Waals surface area contributed by atoms with Gasteiger partial charge in [0.05, 0.1) is 32.0 Å². The molecule has 14 heteroatoms. The van der Waals surface area contributed by atoms with Crippen LogP contribution < -0.4 is 5.32 Å². The van der Waals surface area contributed by atoms with Crippen molar-refractivity contribution in [1.82, 2.24) is 5.32 Å². The molecule has 0 aliphatic carbocycles. The Bertz CT molecular complexity index is 1480. The third-order valence-electron chi connectivity index (χ3n) is 16.4. The molecule has 0 radical (unpaired) electrons. The lowest BCUT2D eigenvalue weighted by molar-refractivity contribution is -0.359. The van der Waals surface area contributed by atoms with Crippen LogP contribution >= 0.6 is 0 Å². The summed E-state index contributed by atoms with van der Waals surface area (Å²) in [6.07, 6.45) is 47.6. The average Bonchev–Trinajstić information content (AvgIpc) is 3.47. The normalized spacial score (nSPS) is 24.4. The summed E-state index contributed by atoms with van der Waals surface area (Å²) in [5.74, 6) is -0.233. The summed E-state index contributed by atoms with van der Waals surface area (Å²) in [5, 5.41) is 87.3. The minimum atomic E-state index is -1.79. The molecule has 80 heavy (non-hydrogen) atoms. The fourth-order valence-electron chi connectivity index (χ4n) is 11.1. The van der Waals surface area contributed by atoms with Gasteiger partial charge in [0.1, 0.15) is 48.8 Å². The number of ether oxygens (including phenoxy) is 4. The summed E-state index contributed by atoms with van der Waals surface area (Å²) in [5.41, 5.74) is 0. The van der Waals surface area contributed by atoms with Gasteiger partial charge in [-0.25, -0.2) is 0 Å². The van der Waals surface area contributed by atoms with Crippen LogP contribution in [0.2, 0.25) is 0 Å². The van der Waals surface area contributed by atoms with Gasteiger partial charge in [0.25, 0.3) is 0 Å². The van der Waals surface area contributed by atoms with Gasteiger partial charge in [-0.2, -0.15) is 0 Å². The summed E-state index contributed by atoms with van der Waals surface area (Å²) >= 11 is 0. The molecule has 12 atom stereocenters. The Morgan fingerprint density at radius 3 is 1.31 bits per heavy atom. The van der Waals surface area contributed by atoms with Crippen LogP contribution in [0.1, 0.15) is 284 Å². The maximum atomic E-state index is 13.2. The van der Waals surface area contributed by atoms with E-state index >= 15 is 0 Å². The van der Waals surface area contributed by atoms with Crippen molar-refractivity contribution in [1.29, 1.82) is 0 Å². The van der Waals surface area contributed by atoms with E-state index in [0.29, 0.717) is 12.8 Å². The van der Waals surface area contributed by atoms with Crippen molar-refractivity contribution in [3.63, 3.8) is 0 Å². The van der Waals surface area contributed by atoms with E-state index in [-0.39, 0.29) is 18.9 Å². The number of unbranched alkanes of at least 4 members (excludes halogenated alkanes) is 35. The zero-order chi connectivity index (χ0) is 58.1. The summed E-state index contributed by atoms with van der Waals surface area (Å²) in [6.45, 7) is 2.75. The predicted octanol–water partition coefficient (Wildman–Crippen LogP) is 12.6. The number of allylic oxidation sites excluding steroid dienone is 6. The molecular formula is C66H123NO13. The van der Waals surface area contributed by atoms with Gasteiger partial charge in [0, 0.05) is 6.42 Å². The Balaban J connectivity index is 1.62. The van der Waals surface area contributed by atoms with E-state index in [9.17, 15) is 45.6 Å². The molecule has 0 aromatic heterocycles. The maximum Gasteiger partial charge on any atom is 0.220 e. The molecule has 2 saturated heterocycles. The highest BCUT2D eigenvalue weighted by Gasteiger charge is 2.51. The highest BCUT2D eigenvalue weighted by atomic mass is 16.7. The van der Waals surface area contributed by atoms with Crippen molar-refractivity contribution in [2.45, 2.75) is 357 Å². The zero-order valence-electron chi connectivity index (χ0n) is 50.8. The van der Waals surface area contributed by atoms with Gasteiger partial charge in [0.15, 0.2) is 12.6 Å². The second-order valence-electron chi connectivity index (χ2n) is 23.6. The molecule has 0 saturated carbocycles. The smallest absolute Gasteiger partial charge is 0.220 e. The van der Waals surface area contributed by atoms with Gasteiger partial charge < -0.3 is 65.1 Å². The molecule has 470 valence electrons. The maximum absolute atomic E-state index is 13.2. The number of rotatable bonds is 54. The Morgan fingerprint density at radius 1 is 0.463 bits per heavy atom. The van der Waals surface area contributed by atoms with Crippen molar-refractivity contribution >= 4 is 5.91 Å². The van der Waals surface area contributed by atoms with Crippen molar-refractivity contribution in [3.05, 3.63) is 36.5 Å². The Kier molecular flexibility index (Phi) is 47.9. The highest BCUT2D eigenvalue weighted by Crippen LogP contribution is 2.30. The predicted molar refractivity (Wildman–Crippen MR) is 323 cm³/mol. The minimum Gasteiger partial charge on any atom is -0.394 e. The summed E-state index contributed by atoms with van der Waals surface area (Å²) in [4.78, 5) is 13.2. The van der Waals surface area contributed by atoms with Crippen LogP contribution in [0.4, 0.5) is 0 Å². The molecule has 0 aromatic rings. The van der Waals surface area contributed by atoms with E-state index < -0.39 is 86.8 Å². The third kappa shape index (κ3) is 36.1. The largest absolute Gasteiger partial charge is 0.394 e. The molecule has 9 N–H and O–H groups in total. The van der Waals surface area contributed by atoms with Crippen LogP contribution in [-0.2, 0) is 23.7 Å². The van der Waals surface area contributed by atoms with E-state index in [1.807, 2.05) is 0 Å². The van der Waals surface area contributed by atoms with Crippen molar-refractivity contribution in [2.75, 3.05) is 19.8 Å². The van der Waals surface area contributed by atoms with Gasteiger partial charge >= 0.3 is 0 Å². The van der Waals surface area contributed by atoms with Gasteiger partial charge in [0.2, 0.25) is 5.91 Å². The van der Waals surface area contributed by atoms with E-state index in [1.54, 1.807) is 0 Å². The third-order valence-corrected chi connectivity index (χ3v) is 16.4. The van der Waals surface area contributed by atoms with E-state index in [4.69, 9.17) is 18.9 Å². The molecule has 2 aliphatic heterocycles. The minimum absolute atomic E-state index is 0.233. The Hall–Kier alpha value is -1.79. The molecule has 14 nitrogen and oxygen atoms in total. The van der Waals surface area contributed by atoms with E-state index in [1.165, 1.54) is 186 Å². The van der Waals surface area contributed by atoms with Gasteiger partial charge in [-0.05, 0) is 44.9 Å². The van der Waals surface area contributed by atoms with Gasteiger partial charge in [-0.3, -0.25) is 4.79 Å². The lowest BCUT2D eigenvalue weighted by Gasteiger charge is -2.46. The number of carbonyl (C=O) groups excluding carboxylic acids is 1. The van der Waals surface area contributed by atoms with Crippen molar-refractivity contribution in [2.24, 2.45) is 0 Å². The van der Waals surface area contributed by atoms with Crippen LogP contribution in [0, 0.1) is 0 Å². The molecule has 2 aliphatic rings. The molecule has 12 unspecified atom stereocenters. The lowest BCUT2D eigenvalue weighted by atomic mass is 9.97. The standard InChI is InChI=1S/C66H123NO13/c1-3-5-7-9-11-13-15-17-18-19-20-21-22-23-24-25-26-27-28-29-30-31-32-33-34-35-36-38-39-41-43-45-47-49-55(70)54(67-58(71)50-48-46-44-42-40-37-16-14-12-10-8-6-4-2)53-77-65-63(76)61(74)64(57(52-69)79-65)80-66-62(75)60(73)59(72)56(51-68)78-66/h6,8,12,14,37,40,54-57,59-66,68-70,72-76H,3-5,7,9-11,13,15-36,38-39,41-53H2,1-2H3,(H,67,71)/b8-6-,14-12-,40-37-. The SMILES string of the molecule is CC/C=C\C/C=C\C/C=C\CCCCCC(=O)NC(COC1OC(CO)C(OC2OC(CO)C(O)C(O)C2O)C(O)C1O)C(O)CCCCCCCCCCCCCCCCCCCCCCCCCCCCCCCCCCC. The molecule has 0 spiro atoms. The number of aliphatic hydroxyl groups is 8. The summed E-state index contributed by atoms with van der Waals surface area (Å²) in [7, 11) is 0. The fraction of sp³-hybridized carbons (Fsp3) is 0.894. The number of hydrogen-bond donors (Lipinski definition) is 9. The molecule has 2 heterocycles. The molecule has 0 aromatic carbocycles. The fourth-order valence-corrected chi connectivity index (χ4v) is 11.1. The zero-order valence-corrected chi connectivity index (χ0v) is 50.8. The van der Waals surface area contributed by atoms with Crippen LogP contribution in [0.15, 0.2) is 36.5 Å². The molecule has 0 bridgehead atoms. The van der Waals surface area contributed by atoms with E-state index in [0.717, 1.165) is 64.2 Å². The highest BCUT2D eigenvalue weighted by molar-refractivity contribution is 5.76. The topological polar surface area (TPSA) is 228 Å². The van der Waals surface area contributed by atoms with E-state index in [2.05, 4.69) is 55.6 Å². The first-order chi connectivity index (χ1) is 39.1. The van der Waals surface area contributed by atoms with Crippen LogP contribution in [-0.4, -0.2) is 140 Å². The Labute approximate surface area is 487 Å². The lowest BCUT2D eigenvalue weighted by Crippen LogP contribution is -2.65. The molecule has 1 amide bonds. The second kappa shape index (κ2) is 51.6. The van der Waals surface area contributed by atoms with Crippen LogP contribution in [0.5, 0.6) is 0 Å². The summed E-state index contributed by atoms with van der Waals surface area (Å²) in [6, 6.07) is -0.845.